The lowest BCUT2D eigenvalue weighted by Gasteiger charge is -2.36. The molecule has 1 atom stereocenters. The van der Waals surface area contributed by atoms with Crippen molar-refractivity contribution in [2.45, 2.75) is 43.4 Å². The third-order valence-electron chi connectivity index (χ3n) is 8.27. The van der Waals surface area contributed by atoms with Crippen LogP contribution in [0.5, 0.6) is 17.4 Å². The highest BCUT2D eigenvalue weighted by molar-refractivity contribution is 6.03. The molecule has 202 valence electrons. The second-order valence-electron chi connectivity index (χ2n) is 10.8. The van der Waals surface area contributed by atoms with Gasteiger partial charge in [0.2, 0.25) is 11.8 Å². The van der Waals surface area contributed by atoms with E-state index in [-0.39, 0.29) is 28.7 Å². The van der Waals surface area contributed by atoms with Gasteiger partial charge in [0.25, 0.3) is 5.91 Å². The number of rotatable bonds is 4. The van der Waals surface area contributed by atoms with Crippen LogP contribution in [0.2, 0.25) is 0 Å². The molecule has 1 fully saturated rings. The molecule has 3 aliphatic heterocycles. The summed E-state index contributed by atoms with van der Waals surface area (Å²) in [5, 5.41) is 3.04. The van der Waals surface area contributed by atoms with Gasteiger partial charge >= 0.3 is 6.18 Å². The summed E-state index contributed by atoms with van der Waals surface area (Å²) in [6.07, 6.45) is -1.49. The molecule has 8 nitrogen and oxygen atoms in total. The molecule has 11 heteroatoms. The van der Waals surface area contributed by atoms with Crippen LogP contribution in [0.1, 0.15) is 57.8 Å². The van der Waals surface area contributed by atoms with E-state index < -0.39 is 17.6 Å². The van der Waals surface area contributed by atoms with Crippen molar-refractivity contribution in [3.05, 3.63) is 64.3 Å². The molecule has 1 unspecified atom stereocenters. The van der Waals surface area contributed by atoms with Crippen LogP contribution >= 0.6 is 0 Å². The number of anilines is 2. The molecule has 3 aromatic rings. The first-order valence-electron chi connectivity index (χ1n) is 12.9. The van der Waals surface area contributed by atoms with Gasteiger partial charge in [0.1, 0.15) is 17.1 Å². The van der Waals surface area contributed by atoms with Crippen molar-refractivity contribution >= 4 is 17.5 Å². The maximum absolute atomic E-state index is 13.9. The van der Waals surface area contributed by atoms with Crippen molar-refractivity contribution in [1.82, 2.24) is 19.8 Å². The van der Waals surface area contributed by atoms with Crippen molar-refractivity contribution < 1.29 is 27.4 Å². The molecule has 1 N–H and O–H groups in total. The molecular weight excluding hydrogens is 511 g/mol. The van der Waals surface area contributed by atoms with Crippen LogP contribution in [0.15, 0.2) is 36.5 Å². The minimum Gasteiger partial charge on any atom is -0.493 e. The Bertz CT molecular complexity index is 1520. The maximum Gasteiger partial charge on any atom is 0.423 e. The summed E-state index contributed by atoms with van der Waals surface area (Å²) in [6, 6.07) is 8.83. The second-order valence-corrected chi connectivity index (χ2v) is 10.8. The first-order valence-corrected chi connectivity index (χ1v) is 12.9. The number of amides is 1. The lowest BCUT2D eigenvalue weighted by atomic mass is 9.85. The van der Waals surface area contributed by atoms with Gasteiger partial charge in [0.15, 0.2) is 0 Å². The Labute approximate surface area is 222 Å². The van der Waals surface area contributed by atoms with Crippen LogP contribution < -0.4 is 14.8 Å². The Morgan fingerprint density at radius 1 is 1.21 bits per heavy atom. The molecule has 1 aliphatic carbocycles. The van der Waals surface area contributed by atoms with E-state index in [2.05, 4.69) is 27.2 Å². The molecule has 1 amide bonds. The number of hydrogen-bond acceptors (Lipinski definition) is 7. The lowest BCUT2D eigenvalue weighted by Crippen LogP contribution is -2.33. The van der Waals surface area contributed by atoms with Gasteiger partial charge in [0.05, 0.1) is 17.7 Å². The predicted octanol–water partition coefficient (Wildman–Crippen LogP) is 5.42. The summed E-state index contributed by atoms with van der Waals surface area (Å²) in [5.41, 5.74) is 2.45. The number of halogens is 3. The first-order chi connectivity index (χ1) is 18.6. The highest BCUT2D eigenvalue weighted by atomic mass is 19.4. The van der Waals surface area contributed by atoms with Gasteiger partial charge in [-0.2, -0.15) is 18.2 Å². The van der Waals surface area contributed by atoms with Gasteiger partial charge in [-0.25, -0.2) is 4.98 Å². The van der Waals surface area contributed by atoms with E-state index in [1.807, 2.05) is 18.2 Å². The number of carbonyl (C=O) groups excluding carboxylic acids is 1. The van der Waals surface area contributed by atoms with Gasteiger partial charge < -0.3 is 24.6 Å². The summed E-state index contributed by atoms with van der Waals surface area (Å²) in [4.78, 5) is 25.0. The molecular formula is C28H26F3N5O3. The van der Waals surface area contributed by atoms with Gasteiger partial charge in [-0.3, -0.25) is 4.79 Å². The van der Waals surface area contributed by atoms with E-state index in [1.165, 1.54) is 11.6 Å². The normalized spacial score (nSPS) is 20.9. The molecule has 0 radical (unpaired) electrons. The minimum absolute atomic E-state index is 0.0453. The van der Waals surface area contributed by atoms with Crippen molar-refractivity contribution in [1.29, 1.82) is 0 Å². The van der Waals surface area contributed by atoms with Crippen molar-refractivity contribution in [3.8, 4) is 17.4 Å². The molecule has 2 aromatic carbocycles. The van der Waals surface area contributed by atoms with Crippen molar-refractivity contribution in [3.63, 3.8) is 0 Å². The number of hydrogen-bond donors (Lipinski definition) is 1. The molecule has 1 aromatic heterocycles. The zero-order chi connectivity index (χ0) is 27.1. The quantitative estimate of drug-likeness (QED) is 0.476. The zero-order valence-corrected chi connectivity index (χ0v) is 21.4. The van der Waals surface area contributed by atoms with Gasteiger partial charge in [-0.15, -0.1) is 0 Å². The van der Waals surface area contributed by atoms with Crippen LogP contribution in [0.4, 0.5) is 24.8 Å². The summed E-state index contributed by atoms with van der Waals surface area (Å²) >= 11 is 0. The van der Waals surface area contributed by atoms with E-state index in [0.29, 0.717) is 24.4 Å². The average Bonchev–Trinajstić information content (AvgIpc) is 3.65. The summed E-state index contributed by atoms with van der Waals surface area (Å²) in [7, 11) is 3.78. The minimum atomic E-state index is -4.76. The van der Waals surface area contributed by atoms with E-state index in [9.17, 15) is 18.0 Å². The van der Waals surface area contributed by atoms with Crippen molar-refractivity contribution in [2.24, 2.45) is 0 Å². The molecule has 39 heavy (non-hydrogen) atoms. The Balaban J connectivity index is 1.25. The molecule has 4 heterocycles. The van der Waals surface area contributed by atoms with E-state index in [1.54, 1.807) is 18.0 Å². The SMILES string of the molecule is CN1Cc2cc(Nc3ncc(C(F)(F)F)c(Oc4cccc5c4C(=O)N(C)C54CC4)n3)cc3c2C(CCO3)C1. The van der Waals surface area contributed by atoms with Gasteiger partial charge in [-0.1, -0.05) is 12.1 Å². The smallest absolute Gasteiger partial charge is 0.423 e. The standard InChI is InChI=1S/C28H26F3N5O3/c1-35-13-15-6-9-38-21-11-17(10-16(14-35)22(15)21)33-26-32-12-19(28(29,30)31)24(34-26)39-20-5-3-4-18-23(20)25(37)36(2)27(18)7-8-27/h3-5,10-12,15H,6-9,13-14H2,1-2H3,(H,32,33,34). The fraction of sp³-hybridized carbons (Fsp3) is 0.393. The van der Waals surface area contributed by atoms with E-state index in [0.717, 1.165) is 49.2 Å². The van der Waals surface area contributed by atoms with Crippen LogP contribution in [-0.2, 0) is 18.3 Å². The molecule has 0 saturated heterocycles. The van der Waals surface area contributed by atoms with E-state index >= 15 is 0 Å². The third-order valence-corrected chi connectivity index (χ3v) is 8.27. The first kappa shape index (κ1) is 24.2. The van der Waals surface area contributed by atoms with Crippen molar-refractivity contribution in [2.75, 3.05) is 32.6 Å². The molecule has 1 saturated carbocycles. The number of benzene rings is 2. The number of likely N-dealkylation sites (N-methyl/N-ethyl adjacent to an activating group) is 1. The number of aromatic nitrogens is 2. The Kier molecular flexibility index (Phi) is 5.16. The fourth-order valence-electron chi connectivity index (χ4n) is 6.26. The number of nitrogens with one attached hydrogen (secondary N) is 1. The molecule has 7 rings (SSSR count). The van der Waals surface area contributed by atoms with Crippen LogP contribution in [0.3, 0.4) is 0 Å². The highest BCUT2D eigenvalue weighted by Crippen LogP contribution is 2.57. The van der Waals surface area contributed by atoms with Crippen LogP contribution in [-0.4, -0.2) is 52.9 Å². The maximum atomic E-state index is 13.9. The molecule has 0 bridgehead atoms. The Morgan fingerprint density at radius 2 is 2.03 bits per heavy atom. The monoisotopic (exact) mass is 537 g/mol. The molecule has 4 aliphatic rings. The number of fused-ring (bicyclic) bond motifs is 2. The molecule has 1 spiro atoms. The van der Waals surface area contributed by atoms with Crippen LogP contribution in [0.25, 0.3) is 0 Å². The summed E-state index contributed by atoms with van der Waals surface area (Å²) in [6.45, 7) is 2.31. The van der Waals surface area contributed by atoms with Crippen LogP contribution in [0, 0.1) is 0 Å². The lowest BCUT2D eigenvalue weighted by molar-refractivity contribution is -0.139. The Morgan fingerprint density at radius 3 is 2.79 bits per heavy atom. The summed E-state index contributed by atoms with van der Waals surface area (Å²) in [5.74, 6) is 0.212. The number of carbonyl (C=O) groups is 1. The number of nitrogens with zero attached hydrogens (tertiary/aromatic N) is 4. The highest BCUT2D eigenvalue weighted by Gasteiger charge is 2.57. The van der Waals surface area contributed by atoms with E-state index in [4.69, 9.17) is 9.47 Å². The average molecular weight is 538 g/mol. The number of ether oxygens (including phenoxy) is 2. The van der Waals surface area contributed by atoms with Gasteiger partial charge in [0, 0.05) is 49.6 Å². The Hall–Kier alpha value is -3.86. The topological polar surface area (TPSA) is 79.8 Å². The fourth-order valence-corrected chi connectivity index (χ4v) is 6.26. The third kappa shape index (κ3) is 3.82. The summed E-state index contributed by atoms with van der Waals surface area (Å²) < 4.78 is 53.5. The number of alkyl halides is 3. The second kappa shape index (κ2) is 8.32. The zero-order valence-electron chi connectivity index (χ0n) is 21.4. The van der Waals surface area contributed by atoms with Gasteiger partial charge in [-0.05, 0) is 49.6 Å². The largest absolute Gasteiger partial charge is 0.493 e. The predicted molar refractivity (Wildman–Crippen MR) is 135 cm³/mol.